The van der Waals surface area contributed by atoms with Crippen molar-refractivity contribution in [2.24, 2.45) is 0 Å². The highest BCUT2D eigenvalue weighted by atomic mass is 79.9. The molecule has 2 aromatic carbocycles. The molecule has 0 saturated carbocycles. The summed E-state index contributed by atoms with van der Waals surface area (Å²) in [6.45, 7) is 3.62. The van der Waals surface area contributed by atoms with E-state index in [0.717, 1.165) is 14.9 Å². The zero-order chi connectivity index (χ0) is 23.6. The second kappa shape index (κ2) is 12.5. The third-order valence-electron chi connectivity index (χ3n) is 4.97. The fraction of sp³-hybridized carbons (Fsp3) is 0.280. The van der Waals surface area contributed by atoms with Crippen LogP contribution in [-0.2, 0) is 22.6 Å². The Balaban J connectivity index is 1.75. The molecule has 3 aromatic rings. The first kappa shape index (κ1) is 25.0. The number of ether oxygens (including phenoxy) is 1. The molecule has 1 heterocycles. The summed E-state index contributed by atoms with van der Waals surface area (Å²) in [6, 6.07) is 21.0. The van der Waals surface area contributed by atoms with E-state index < -0.39 is 0 Å². The number of amides is 3. The van der Waals surface area contributed by atoms with Gasteiger partial charge >= 0.3 is 6.03 Å². The standard InChI is InChI=1S/C25H28BrN3O3S/c1-19-11-12-23(33-19)17-29(16-20-7-4-3-5-8-20)24(30)18-28(13-14-32-2)25(31)27-22-10-6-9-21(26)15-22/h3-12,15H,13-14,16-18H2,1-2H3,(H,27,31). The average molecular weight is 530 g/mol. The van der Waals surface area contributed by atoms with Gasteiger partial charge in [-0.2, -0.15) is 0 Å². The number of rotatable bonds is 10. The Hall–Kier alpha value is -2.68. The highest BCUT2D eigenvalue weighted by Crippen LogP contribution is 2.19. The molecule has 0 unspecified atom stereocenters. The molecule has 3 rings (SSSR count). The van der Waals surface area contributed by atoms with E-state index in [9.17, 15) is 9.59 Å². The smallest absolute Gasteiger partial charge is 0.322 e. The number of halogens is 1. The maximum atomic E-state index is 13.4. The number of hydrogen-bond donors (Lipinski definition) is 1. The SMILES string of the molecule is COCCN(CC(=O)N(Cc1ccccc1)Cc1ccc(C)s1)C(=O)Nc1cccc(Br)c1. The van der Waals surface area contributed by atoms with Gasteiger partial charge in [-0.3, -0.25) is 4.79 Å². The third-order valence-corrected chi connectivity index (χ3v) is 6.44. The molecular formula is C25H28BrN3O3S. The number of carbonyl (C=O) groups is 2. The number of benzene rings is 2. The Morgan fingerprint density at radius 3 is 2.45 bits per heavy atom. The molecule has 0 atom stereocenters. The van der Waals surface area contributed by atoms with Gasteiger partial charge < -0.3 is 19.9 Å². The minimum Gasteiger partial charge on any atom is -0.383 e. The lowest BCUT2D eigenvalue weighted by Crippen LogP contribution is -2.45. The maximum Gasteiger partial charge on any atom is 0.322 e. The van der Waals surface area contributed by atoms with Crippen LogP contribution in [0.25, 0.3) is 0 Å². The minimum atomic E-state index is -0.342. The van der Waals surface area contributed by atoms with Crippen LogP contribution in [0.1, 0.15) is 15.3 Å². The molecule has 3 amide bonds. The summed E-state index contributed by atoms with van der Waals surface area (Å²) in [5, 5.41) is 2.87. The van der Waals surface area contributed by atoms with E-state index in [1.54, 1.807) is 29.4 Å². The van der Waals surface area contributed by atoms with E-state index in [2.05, 4.69) is 34.2 Å². The quantitative estimate of drug-likeness (QED) is 0.375. The highest BCUT2D eigenvalue weighted by Gasteiger charge is 2.22. The molecule has 8 heteroatoms. The lowest BCUT2D eigenvalue weighted by atomic mass is 10.2. The van der Waals surface area contributed by atoms with E-state index in [0.29, 0.717) is 31.9 Å². The zero-order valence-corrected chi connectivity index (χ0v) is 21.2. The van der Waals surface area contributed by atoms with E-state index in [1.165, 1.54) is 9.78 Å². The van der Waals surface area contributed by atoms with E-state index in [-0.39, 0.29) is 18.5 Å². The lowest BCUT2D eigenvalue weighted by molar-refractivity contribution is -0.133. The van der Waals surface area contributed by atoms with Gasteiger partial charge in [0.2, 0.25) is 5.91 Å². The molecular weight excluding hydrogens is 502 g/mol. The van der Waals surface area contributed by atoms with Crippen LogP contribution in [0.5, 0.6) is 0 Å². The Kier molecular flexibility index (Phi) is 9.47. The van der Waals surface area contributed by atoms with Crippen LogP contribution in [0.4, 0.5) is 10.5 Å². The van der Waals surface area contributed by atoms with Crippen molar-refractivity contribution < 1.29 is 14.3 Å². The molecule has 0 aliphatic carbocycles. The summed E-state index contributed by atoms with van der Waals surface area (Å²) in [5.41, 5.74) is 1.70. The number of nitrogens with zero attached hydrogens (tertiary/aromatic N) is 2. The lowest BCUT2D eigenvalue weighted by Gasteiger charge is -2.27. The molecule has 0 aliphatic rings. The van der Waals surface area contributed by atoms with Gasteiger partial charge in [-0.15, -0.1) is 11.3 Å². The summed E-state index contributed by atoms with van der Waals surface area (Å²) in [6.07, 6.45) is 0. The van der Waals surface area contributed by atoms with Crippen LogP contribution in [-0.4, -0.2) is 48.5 Å². The van der Waals surface area contributed by atoms with Crippen LogP contribution < -0.4 is 5.32 Å². The average Bonchev–Trinajstić information content (AvgIpc) is 3.21. The first-order valence-electron chi connectivity index (χ1n) is 10.6. The van der Waals surface area contributed by atoms with Crippen LogP contribution in [0.3, 0.4) is 0 Å². The van der Waals surface area contributed by atoms with Crippen molar-refractivity contribution >= 4 is 44.9 Å². The monoisotopic (exact) mass is 529 g/mol. The van der Waals surface area contributed by atoms with Crippen LogP contribution >= 0.6 is 27.3 Å². The number of hydrogen-bond acceptors (Lipinski definition) is 4. The highest BCUT2D eigenvalue weighted by molar-refractivity contribution is 9.10. The number of urea groups is 1. The van der Waals surface area contributed by atoms with Gasteiger partial charge in [0.1, 0.15) is 6.54 Å². The molecule has 6 nitrogen and oxygen atoms in total. The van der Waals surface area contributed by atoms with Gasteiger partial charge in [-0.25, -0.2) is 4.79 Å². The number of carbonyl (C=O) groups excluding carboxylic acids is 2. The van der Waals surface area contributed by atoms with Crippen molar-refractivity contribution in [2.45, 2.75) is 20.0 Å². The summed E-state index contributed by atoms with van der Waals surface area (Å²) in [4.78, 5) is 32.0. The van der Waals surface area contributed by atoms with Crippen LogP contribution in [0.15, 0.2) is 71.2 Å². The van der Waals surface area contributed by atoms with Crippen LogP contribution in [0, 0.1) is 6.92 Å². The van der Waals surface area contributed by atoms with Gasteiger partial charge in [0.05, 0.1) is 13.2 Å². The second-order valence-electron chi connectivity index (χ2n) is 7.60. The Labute approximate surface area is 207 Å². The number of methoxy groups -OCH3 is 1. The molecule has 174 valence electrons. The molecule has 0 saturated heterocycles. The topological polar surface area (TPSA) is 61.9 Å². The molecule has 0 fully saturated rings. The van der Waals surface area contributed by atoms with Crippen molar-refractivity contribution in [1.82, 2.24) is 9.80 Å². The fourth-order valence-corrected chi connectivity index (χ4v) is 4.59. The van der Waals surface area contributed by atoms with Crippen molar-refractivity contribution in [3.8, 4) is 0 Å². The maximum absolute atomic E-state index is 13.4. The molecule has 33 heavy (non-hydrogen) atoms. The second-order valence-corrected chi connectivity index (χ2v) is 9.89. The Morgan fingerprint density at radius 2 is 1.79 bits per heavy atom. The van der Waals surface area contributed by atoms with Crippen molar-refractivity contribution in [3.05, 3.63) is 86.5 Å². The third kappa shape index (κ3) is 7.99. The summed E-state index contributed by atoms with van der Waals surface area (Å²) < 4.78 is 6.04. The molecule has 1 aromatic heterocycles. The molecule has 0 aliphatic heterocycles. The van der Waals surface area contributed by atoms with Crippen molar-refractivity contribution in [2.75, 3.05) is 32.1 Å². The predicted octanol–water partition coefficient (Wildman–Crippen LogP) is 5.53. The molecule has 0 bridgehead atoms. The van der Waals surface area contributed by atoms with Gasteiger partial charge in [-0.1, -0.05) is 52.3 Å². The number of nitrogens with one attached hydrogen (secondary N) is 1. The van der Waals surface area contributed by atoms with Crippen molar-refractivity contribution in [1.29, 1.82) is 0 Å². The summed E-state index contributed by atoms with van der Waals surface area (Å²) in [7, 11) is 1.58. The van der Waals surface area contributed by atoms with E-state index >= 15 is 0 Å². The Bertz CT molecular complexity index is 1060. The number of anilines is 1. The summed E-state index contributed by atoms with van der Waals surface area (Å²) >= 11 is 5.09. The summed E-state index contributed by atoms with van der Waals surface area (Å²) in [5.74, 6) is -0.120. The van der Waals surface area contributed by atoms with E-state index in [4.69, 9.17) is 4.74 Å². The van der Waals surface area contributed by atoms with Gasteiger partial charge in [0.25, 0.3) is 0 Å². The van der Waals surface area contributed by atoms with Crippen LogP contribution in [0.2, 0.25) is 0 Å². The number of thiophene rings is 1. The van der Waals surface area contributed by atoms with Gasteiger partial charge in [0.15, 0.2) is 0 Å². The molecule has 0 radical (unpaired) electrons. The minimum absolute atomic E-state index is 0.0413. The first-order chi connectivity index (χ1) is 15.9. The largest absolute Gasteiger partial charge is 0.383 e. The number of aryl methyl sites for hydroxylation is 1. The predicted molar refractivity (Wildman–Crippen MR) is 136 cm³/mol. The Morgan fingerprint density at radius 1 is 1.00 bits per heavy atom. The van der Waals surface area contributed by atoms with Gasteiger partial charge in [-0.05, 0) is 42.8 Å². The molecule has 0 spiro atoms. The first-order valence-corrected chi connectivity index (χ1v) is 12.2. The van der Waals surface area contributed by atoms with Crippen molar-refractivity contribution in [3.63, 3.8) is 0 Å². The normalized spacial score (nSPS) is 10.6. The van der Waals surface area contributed by atoms with Gasteiger partial charge in [0, 0.05) is 40.1 Å². The molecule has 1 N–H and O–H groups in total. The van der Waals surface area contributed by atoms with E-state index in [1.807, 2.05) is 54.6 Å². The zero-order valence-electron chi connectivity index (χ0n) is 18.8. The fourth-order valence-electron chi connectivity index (χ4n) is 3.28.